The van der Waals surface area contributed by atoms with E-state index in [1.54, 1.807) is 0 Å². The molecule has 18 heavy (non-hydrogen) atoms. The van der Waals surface area contributed by atoms with Crippen LogP contribution in [0.4, 0.5) is 8.78 Å². The van der Waals surface area contributed by atoms with Crippen LogP contribution in [-0.2, 0) is 9.53 Å². The first-order valence-electron chi connectivity index (χ1n) is 4.76. The van der Waals surface area contributed by atoms with Crippen molar-refractivity contribution in [1.29, 1.82) is 0 Å². The fraction of sp³-hybridized carbons (Fsp3) is 0.875. The number of ether oxygens (including phenoxy) is 1. The van der Waals surface area contributed by atoms with Gasteiger partial charge in [-0.3, -0.25) is 0 Å². The average Bonchev–Trinajstić information content (AvgIpc) is 2.30. The van der Waals surface area contributed by atoms with Crippen LogP contribution in [0.1, 0.15) is 0 Å². The molecule has 10 heteroatoms. The molecule has 106 valence electrons. The molecule has 0 aromatic rings. The van der Waals surface area contributed by atoms with E-state index in [-0.39, 0.29) is 0 Å². The molecule has 0 aliphatic carbocycles. The first-order valence-corrected chi connectivity index (χ1v) is 4.76. The zero-order valence-electron chi connectivity index (χ0n) is 8.77. The number of aliphatic hydroxyl groups excluding tert-OH is 4. The summed E-state index contributed by atoms with van der Waals surface area (Å²) in [7, 11) is 0. The molecule has 1 fully saturated rings. The van der Waals surface area contributed by atoms with Crippen LogP contribution in [0, 0.1) is 0 Å². The van der Waals surface area contributed by atoms with Crippen molar-refractivity contribution in [1.82, 2.24) is 0 Å². The summed E-state index contributed by atoms with van der Waals surface area (Å²) >= 11 is 0. The molecule has 0 aromatic carbocycles. The lowest BCUT2D eigenvalue weighted by molar-refractivity contribution is -0.403. The van der Waals surface area contributed by atoms with Crippen LogP contribution < -0.4 is 0 Å². The standard InChI is InChI=1S/C8H12F2O8/c9-7(10,6(15)16)8(17)5(14)4(13)3(12)2(1-11)18-8/h2-5,11-14,17H,1H2,(H,15,16)/t2-,3+,4+,5-,8-/m1/s1. The smallest absolute Gasteiger partial charge is 0.397 e. The Kier molecular flexibility index (Phi) is 3.91. The molecule has 0 saturated carbocycles. The topological polar surface area (TPSA) is 148 Å². The molecule has 8 nitrogen and oxygen atoms in total. The van der Waals surface area contributed by atoms with Crippen molar-refractivity contribution in [3.63, 3.8) is 0 Å². The van der Waals surface area contributed by atoms with Gasteiger partial charge in [0.05, 0.1) is 6.61 Å². The van der Waals surface area contributed by atoms with Gasteiger partial charge in [-0.15, -0.1) is 0 Å². The lowest BCUT2D eigenvalue weighted by Gasteiger charge is -2.46. The van der Waals surface area contributed by atoms with Gasteiger partial charge in [0.15, 0.2) is 0 Å². The summed E-state index contributed by atoms with van der Waals surface area (Å²) in [6.07, 6.45) is -8.93. The van der Waals surface area contributed by atoms with Crippen LogP contribution in [0.2, 0.25) is 0 Å². The number of carbonyl (C=O) groups is 1. The zero-order chi connectivity index (χ0) is 14.3. The molecule has 0 radical (unpaired) electrons. The Bertz CT molecular complexity index is 335. The van der Waals surface area contributed by atoms with Crippen LogP contribution in [0.25, 0.3) is 0 Å². The van der Waals surface area contributed by atoms with Crippen molar-refractivity contribution in [2.24, 2.45) is 0 Å². The van der Waals surface area contributed by atoms with Gasteiger partial charge in [0.25, 0.3) is 5.79 Å². The Morgan fingerprint density at radius 1 is 1.28 bits per heavy atom. The van der Waals surface area contributed by atoms with Crippen LogP contribution in [-0.4, -0.2) is 79.3 Å². The fourth-order valence-electron chi connectivity index (χ4n) is 1.57. The van der Waals surface area contributed by atoms with Crippen molar-refractivity contribution in [3.8, 4) is 0 Å². The third-order valence-electron chi connectivity index (χ3n) is 2.68. The number of carboxylic acids is 1. The summed E-state index contributed by atoms with van der Waals surface area (Å²) in [6.45, 7) is -1.08. The number of halogens is 2. The van der Waals surface area contributed by atoms with E-state index >= 15 is 0 Å². The number of carboxylic acid groups (broad SMARTS) is 1. The molecule has 1 aliphatic heterocycles. The number of rotatable bonds is 3. The van der Waals surface area contributed by atoms with E-state index in [0.29, 0.717) is 0 Å². The Morgan fingerprint density at radius 3 is 2.17 bits per heavy atom. The summed E-state index contributed by atoms with van der Waals surface area (Å²) in [6, 6.07) is 0. The Morgan fingerprint density at radius 2 is 1.78 bits per heavy atom. The van der Waals surface area contributed by atoms with Crippen molar-refractivity contribution < 1.29 is 49.0 Å². The molecule has 6 N–H and O–H groups in total. The number of aliphatic hydroxyl groups is 5. The minimum absolute atomic E-state index is 1.08. The minimum Gasteiger partial charge on any atom is -0.477 e. The highest BCUT2D eigenvalue weighted by Crippen LogP contribution is 2.39. The third kappa shape index (κ3) is 1.96. The van der Waals surface area contributed by atoms with Gasteiger partial charge in [-0.05, 0) is 0 Å². The maximum atomic E-state index is 13.3. The molecule has 1 heterocycles. The van der Waals surface area contributed by atoms with Gasteiger partial charge >= 0.3 is 11.9 Å². The average molecular weight is 274 g/mol. The number of aliphatic carboxylic acids is 1. The fourth-order valence-corrected chi connectivity index (χ4v) is 1.57. The lowest BCUT2D eigenvalue weighted by Crippen LogP contribution is -2.72. The first-order chi connectivity index (χ1) is 8.09. The molecular formula is C8H12F2O8. The maximum absolute atomic E-state index is 13.3. The normalized spacial score (nSPS) is 41.7. The Balaban J connectivity index is 3.17. The molecule has 0 spiro atoms. The van der Waals surface area contributed by atoms with E-state index in [9.17, 15) is 34.0 Å². The van der Waals surface area contributed by atoms with Gasteiger partial charge in [0.2, 0.25) is 0 Å². The van der Waals surface area contributed by atoms with E-state index < -0.39 is 48.7 Å². The zero-order valence-corrected chi connectivity index (χ0v) is 8.77. The summed E-state index contributed by atoms with van der Waals surface area (Å²) in [4.78, 5) is 10.3. The van der Waals surface area contributed by atoms with Crippen molar-refractivity contribution >= 4 is 5.97 Å². The molecule has 1 rings (SSSR count). The largest absolute Gasteiger partial charge is 0.477 e. The van der Waals surface area contributed by atoms with Gasteiger partial charge in [0, 0.05) is 0 Å². The van der Waals surface area contributed by atoms with E-state index in [1.807, 2.05) is 0 Å². The Hall–Kier alpha value is -0.910. The molecular weight excluding hydrogens is 262 g/mol. The SMILES string of the molecule is O=C(O)C(F)(F)[C@]1(O)O[C@H](CO)[C@H](O)[C@H](O)[C@H]1O. The predicted molar refractivity (Wildman–Crippen MR) is 47.5 cm³/mol. The quantitative estimate of drug-likeness (QED) is 0.316. The molecule has 1 aliphatic rings. The van der Waals surface area contributed by atoms with Crippen LogP contribution in [0.3, 0.4) is 0 Å². The third-order valence-corrected chi connectivity index (χ3v) is 2.68. The molecule has 0 aromatic heterocycles. The number of hydrogen-bond acceptors (Lipinski definition) is 7. The van der Waals surface area contributed by atoms with Crippen molar-refractivity contribution in [3.05, 3.63) is 0 Å². The maximum Gasteiger partial charge on any atom is 0.397 e. The predicted octanol–water partition coefficient (Wildman–Crippen LogP) is -3.13. The van der Waals surface area contributed by atoms with E-state index in [0.717, 1.165) is 0 Å². The minimum atomic E-state index is -4.96. The second-order valence-electron chi connectivity index (χ2n) is 3.84. The van der Waals surface area contributed by atoms with Gasteiger partial charge in [-0.1, -0.05) is 0 Å². The van der Waals surface area contributed by atoms with Crippen LogP contribution >= 0.6 is 0 Å². The van der Waals surface area contributed by atoms with Gasteiger partial charge in [0.1, 0.15) is 24.4 Å². The molecule has 0 bridgehead atoms. The molecule has 0 unspecified atom stereocenters. The lowest BCUT2D eigenvalue weighted by atomic mass is 9.89. The highest BCUT2D eigenvalue weighted by Gasteiger charge is 2.69. The number of hydrogen-bond donors (Lipinski definition) is 6. The monoisotopic (exact) mass is 274 g/mol. The van der Waals surface area contributed by atoms with Crippen molar-refractivity contribution in [2.45, 2.75) is 36.1 Å². The second-order valence-corrected chi connectivity index (χ2v) is 3.84. The van der Waals surface area contributed by atoms with Crippen LogP contribution in [0.15, 0.2) is 0 Å². The van der Waals surface area contributed by atoms with E-state index in [2.05, 4.69) is 4.74 Å². The van der Waals surface area contributed by atoms with E-state index in [1.165, 1.54) is 0 Å². The van der Waals surface area contributed by atoms with Crippen LogP contribution in [0.5, 0.6) is 0 Å². The molecule has 0 amide bonds. The molecule has 5 atom stereocenters. The number of alkyl halides is 2. The summed E-state index contributed by atoms with van der Waals surface area (Å²) in [5.41, 5.74) is 0. The molecule has 1 saturated heterocycles. The van der Waals surface area contributed by atoms with Gasteiger partial charge < -0.3 is 35.4 Å². The van der Waals surface area contributed by atoms with Gasteiger partial charge in [-0.25, -0.2) is 4.79 Å². The highest BCUT2D eigenvalue weighted by molar-refractivity contribution is 5.77. The van der Waals surface area contributed by atoms with Crippen molar-refractivity contribution in [2.75, 3.05) is 6.61 Å². The highest BCUT2D eigenvalue weighted by atomic mass is 19.3. The van der Waals surface area contributed by atoms with Gasteiger partial charge in [-0.2, -0.15) is 8.78 Å². The Labute approximate surface area is 98.7 Å². The second kappa shape index (κ2) is 4.64. The summed E-state index contributed by atoms with van der Waals surface area (Å²) in [5.74, 6) is -11.7. The summed E-state index contributed by atoms with van der Waals surface area (Å²) in [5, 5.41) is 54.2. The first kappa shape index (κ1) is 15.1. The van der Waals surface area contributed by atoms with E-state index in [4.69, 9.17) is 10.2 Å². The summed E-state index contributed by atoms with van der Waals surface area (Å²) < 4.78 is 30.7.